The normalized spacial score (nSPS) is 10.2. The molecule has 0 bridgehead atoms. The lowest BCUT2D eigenvalue weighted by atomic mass is 10.3. The van der Waals surface area contributed by atoms with Gasteiger partial charge in [-0.3, -0.25) is 0 Å². The second kappa shape index (κ2) is 2.20. The van der Waals surface area contributed by atoms with Crippen LogP contribution in [0.5, 0.6) is 0 Å². The van der Waals surface area contributed by atoms with Crippen molar-refractivity contribution in [1.82, 2.24) is 4.98 Å². The molecular weight excluding hydrogens is 142 g/mol. The van der Waals surface area contributed by atoms with Crippen molar-refractivity contribution >= 4 is 11.1 Å². The molecule has 11 heavy (non-hydrogen) atoms. The summed E-state index contributed by atoms with van der Waals surface area (Å²) in [7, 11) is 0. The summed E-state index contributed by atoms with van der Waals surface area (Å²) in [6, 6.07) is 7.14. The molecular formula is C8H5NO2. The molecule has 0 saturated heterocycles. The molecule has 0 amide bonds. The first-order valence-electron chi connectivity index (χ1n) is 3.21. The number of hydrogen-bond acceptors (Lipinski definition) is 3. The molecule has 0 saturated carbocycles. The molecule has 3 heteroatoms. The summed E-state index contributed by atoms with van der Waals surface area (Å²) in [6.45, 7) is 0. The van der Waals surface area contributed by atoms with Crippen LogP contribution in [0.3, 0.4) is 0 Å². The van der Waals surface area contributed by atoms with Crippen molar-refractivity contribution in [2.24, 2.45) is 0 Å². The second-order valence-corrected chi connectivity index (χ2v) is 2.15. The first kappa shape index (κ1) is 6.09. The lowest BCUT2D eigenvalue weighted by molar-refractivity contribution is 0.555. The summed E-state index contributed by atoms with van der Waals surface area (Å²) in [5, 5.41) is 0. The summed E-state index contributed by atoms with van der Waals surface area (Å²) in [6.07, 6.45) is 1.17. The third kappa shape index (κ3) is 1.00. The first-order chi connectivity index (χ1) is 5.36. The minimum absolute atomic E-state index is 0.413. The van der Waals surface area contributed by atoms with E-state index in [2.05, 4.69) is 4.98 Å². The Kier molecular flexibility index (Phi) is 1.22. The standard InChI is InChI=1S/C8H5NO2/c10-8-5-9-6-3-1-2-4-7(6)11-8/h1-5H. The molecule has 2 rings (SSSR count). The van der Waals surface area contributed by atoms with E-state index < -0.39 is 5.63 Å². The Labute approximate surface area is 62.3 Å². The fourth-order valence-corrected chi connectivity index (χ4v) is 0.907. The highest BCUT2D eigenvalue weighted by Crippen LogP contribution is 2.05. The van der Waals surface area contributed by atoms with Crippen molar-refractivity contribution in [3.63, 3.8) is 0 Å². The molecule has 3 nitrogen and oxygen atoms in total. The van der Waals surface area contributed by atoms with E-state index in [1.807, 2.05) is 6.07 Å². The van der Waals surface area contributed by atoms with Crippen molar-refractivity contribution in [2.45, 2.75) is 0 Å². The molecule has 0 fully saturated rings. The Morgan fingerprint density at radius 2 is 2.09 bits per heavy atom. The molecule has 54 valence electrons. The van der Waals surface area contributed by atoms with E-state index in [9.17, 15) is 4.79 Å². The van der Waals surface area contributed by atoms with Gasteiger partial charge in [-0.1, -0.05) is 12.1 Å². The fraction of sp³-hybridized carbons (Fsp3) is 0. The highest BCUT2D eigenvalue weighted by atomic mass is 16.4. The lowest BCUT2D eigenvalue weighted by Gasteiger charge is -1.90. The van der Waals surface area contributed by atoms with E-state index in [1.165, 1.54) is 6.20 Å². The zero-order valence-corrected chi connectivity index (χ0v) is 5.65. The maximum atomic E-state index is 10.7. The Hall–Kier alpha value is -1.64. The first-order valence-corrected chi connectivity index (χ1v) is 3.21. The smallest absolute Gasteiger partial charge is 0.354 e. The molecule has 0 unspecified atom stereocenters. The predicted octanol–water partition coefficient (Wildman–Crippen LogP) is 1.19. The fourth-order valence-electron chi connectivity index (χ4n) is 0.907. The number of rotatable bonds is 0. The molecule has 0 aliphatic heterocycles. The number of benzene rings is 1. The Balaban J connectivity index is 2.94. The monoisotopic (exact) mass is 147 g/mol. The molecule has 0 spiro atoms. The van der Waals surface area contributed by atoms with E-state index in [-0.39, 0.29) is 0 Å². The average Bonchev–Trinajstić information content (AvgIpc) is 2.04. The molecule has 0 atom stereocenters. The van der Waals surface area contributed by atoms with Gasteiger partial charge in [-0.2, -0.15) is 0 Å². The largest absolute Gasteiger partial charge is 0.420 e. The number of fused-ring (bicyclic) bond motifs is 1. The van der Waals surface area contributed by atoms with Crippen LogP contribution in [0.4, 0.5) is 0 Å². The second-order valence-electron chi connectivity index (χ2n) is 2.15. The number of aromatic nitrogens is 1. The van der Waals surface area contributed by atoms with Crippen molar-refractivity contribution < 1.29 is 4.42 Å². The van der Waals surface area contributed by atoms with Crippen LogP contribution in [0, 0.1) is 0 Å². The molecule has 2 aromatic rings. The topological polar surface area (TPSA) is 43.1 Å². The van der Waals surface area contributed by atoms with Crippen LogP contribution < -0.4 is 5.63 Å². The summed E-state index contributed by atoms with van der Waals surface area (Å²) in [5.74, 6) is 0. The van der Waals surface area contributed by atoms with Crippen LogP contribution in [0.15, 0.2) is 39.7 Å². The maximum Gasteiger partial charge on any atom is 0.354 e. The van der Waals surface area contributed by atoms with Gasteiger partial charge < -0.3 is 4.42 Å². The van der Waals surface area contributed by atoms with Gasteiger partial charge in [-0.05, 0) is 12.1 Å². The van der Waals surface area contributed by atoms with Gasteiger partial charge in [0.05, 0.1) is 0 Å². The van der Waals surface area contributed by atoms with E-state index >= 15 is 0 Å². The predicted molar refractivity (Wildman–Crippen MR) is 40.3 cm³/mol. The minimum Gasteiger partial charge on any atom is -0.420 e. The molecule has 1 aromatic heterocycles. The van der Waals surface area contributed by atoms with Crippen LogP contribution in [-0.4, -0.2) is 4.98 Å². The summed E-state index contributed by atoms with van der Waals surface area (Å²) < 4.78 is 4.84. The van der Waals surface area contributed by atoms with Gasteiger partial charge in [0, 0.05) is 0 Å². The van der Waals surface area contributed by atoms with E-state index in [0.29, 0.717) is 11.1 Å². The van der Waals surface area contributed by atoms with E-state index in [1.54, 1.807) is 18.2 Å². The van der Waals surface area contributed by atoms with Crippen LogP contribution in [0.25, 0.3) is 11.1 Å². The summed E-state index contributed by atoms with van der Waals surface area (Å²) in [5.41, 5.74) is 0.816. The van der Waals surface area contributed by atoms with Crippen molar-refractivity contribution in [2.75, 3.05) is 0 Å². The lowest BCUT2D eigenvalue weighted by Crippen LogP contribution is -1.96. The third-order valence-corrected chi connectivity index (χ3v) is 1.38. The maximum absolute atomic E-state index is 10.7. The van der Waals surface area contributed by atoms with Crippen molar-refractivity contribution in [3.8, 4) is 0 Å². The van der Waals surface area contributed by atoms with Gasteiger partial charge >= 0.3 is 5.63 Å². The van der Waals surface area contributed by atoms with E-state index in [4.69, 9.17) is 4.42 Å². The van der Waals surface area contributed by atoms with E-state index in [0.717, 1.165) is 0 Å². The molecule has 0 radical (unpaired) electrons. The quantitative estimate of drug-likeness (QED) is 0.562. The molecule has 1 aromatic carbocycles. The third-order valence-electron chi connectivity index (χ3n) is 1.38. The van der Waals surface area contributed by atoms with Gasteiger partial charge in [0.15, 0.2) is 5.58 Å². The number of para-hydroxylation sites is 2. The summed E-state index contributed by atoms with van der Waals surface area (Å²) >= 11 is 0. The van der Waals surface area contributed by atoms with Gasteiger partial charge in [0.25, 0.3) is 0 Å². The van der Waals surface area contributed by atoms with Gasteiger partial charge in [0.1, 0.15) is 11.7 Å². The molecule has 0 aliphatic rings. The number of hydrogen-bond donors (Lipinski definition) is 0. The van der Waals surface area contributed by atoms with Gasteiger partial charge in [-0.15, -0.1) is 0 Å². The van der Waals surface area contributed by atoms with Crippen LogP contribution in [0.2, 0.25) is 0 Å². The Morgan fingerprint density at radius 3 is 3.00 bits per heavy atom. The van der Waals surface area contributed by atoms with Gasteiger partial charge in [0.2, 0.25) is 0 Å². The molecule has 1 heterocycles. The highest BCUT2D eigenvalue weighted by molar-refractivity contribution is 5.70. The van der Waals surface area contributed by atoms with Crippen LogP contribution >= 0.6 is 0 Å². The zero-order valence-electron chi connectivity index (χ0n) is 5.65. The molecule has 0 aliphatic carbocycles. The average molecular weight is 147 g/mol. The zero-order chi connectivity index (χ0) is 7.68. The van der Waals surface area contributed by atoms with Crippen LogP contribution in [-0.2, 0) is 0 Å². The SMILES string of the molecule is O=c1cnc2ccccc2o1. The minimum atomic E-state index is -0.413. The van der Waals surface area contributed by atoms with Gasteiger partial charge in [-0.25, -0.2) is 9.78 Å². The summed E-state index contributed by atoms with van der Waals surface area (Å²) in [4.78, 5) is 14.5. The Bertz CT molecular complexity index is 433. The highest BCUT2D eigenvalue weighted by Gasteiger charge is 1.93. The molecule has 0 N–H and O–H groups in total. The van der Waals surface area contributed by atoms with Crippen molar-refractivity contribution in [1.29, 1.82) is 0 Å². The van der Waals surface area contributed by atoms with Crippen molar-refractivity contribution in [3.05, 3.63) is 40.9 Å². The number of nitrogens with zero attached hydrogens (tertiary/aromatic N) is 1. The van der Waals surface area contributed by atoms with Crippen LogP contribution in [0.1, 0.15) is 0 Å². The Morgan fingerprint density at radius 1 is 1.27 bits per heavy atom.